The number of thiazole rings is 1. The summed E-state index contributed by atoms with van der Waals surface area (Å²) in [5.74, 6) is -2.00. The number of alkyl halides is 3. The summed E-state index contributed by atoms with van der Waals surface area (Å²) in [5, 5.41) is 9.58. The van der Waals surface area contributed by atoms with Crippen LogP contribution in [0.1, 0.15) is 58.5 Å². The molecule has 1 aromatic carbocycles. The fraction of sp³-hybridized carbons (Fsp3) is 0.464. The predicted molar refractivity (Wildman–Crippen MR) is 144 cm³/mol. The van der Waals surface area contributed by atoms with Crippen molar-refractivity contribution in [2.45, 2.75) is 57.8 Å². The highest BCUT2D eigenvalue weighted by molar-refractivity contribution is 7.12. The molecule has 13 heteroatoms. The van der Waals surface area contributed by atoms with Crippen LogP contribution < -0.4 is 4.90 Å². The van der Waals surface area contributed by atoms with Crippen molar-refractivity contribution in [1.29, 1.82) is 0 Å². The highest BCUT2D eigenvalue weighted by atomic mass is 32.1. The van der Waals surface area contributed by atoms with Gasteiger partial charge in [0.05, 0.1) is 36.0 Å². The number of ketones is 1. The molecular weight excluding hydrogens is 562 g/mol. The highest BCUT2D eigenvalue weighted by Crippen LogP contribution is 2.37. The molecule has 1 N–H and O–H groups in total. The number of carbonyl (C=O) groups is 2. The number of anilines is 1. The van der Waals surface area contributed by atoms with E-state index in [0.717, 1.165) is 31.5 Å². The Balaban J connectivity index is 1.36. The average molecular weight is 592 g/mol. The van der Waals surface area contributed by atoms with Crippen molar-refractivity contribution in [2.75, 3.05) is 24.5 Å². The number of Topliss-reactive ketones (excluding diaryl/α,β-unsaturated/α-hetero) is 1. The lowest BCUT2D eigenvalue weighted by Crippen LogP contribution is -2.36. The number of carboxylic acid groups (broad SMARTS) is 1. The van der Waals surface area contributed by atoms with Crippen molar-refractivity contribution in [3.63, 3.8) is 0 Å². The smallest absolute Gasteiger partial charge is 0.416 e. The van der Waals surface area contributed by atoms with Gasteiger partial charge >= 0.3 is 12.1 Å². The van der Waals surface area contributed by atoms with E-state index in [4.69, 9.17) is 0 Å². The number of rotatable bonds is 8. The van der Waals surface area contributed by atoms with Gasteiger partial charge in [0, 0.05) is 36.1 Å². The Morgan fingerprint density at radius 2 is 1.83 bits per heavy atom. The Morgan fingerprint density at radius 3 is 2.44 bits per heavy atom. The lowest BCUT2D eigenvalue weighted by Gasteiger charge is -2.30. The van der Waals surface area contributed by atoms with Crippen LogP contribution in [0.3, 0.4) is 0 Å². The fourth-order valence-electron chi connectivity index (χ4n) is 5.32. The SMILES string of the molecule is C[C@@H]1CCCN1Cc1sc(CC(=O)c2cnc(N3CCC(C(=O)O)CC3)cn2)nc1-c1cc(F)cc(C(F)(F)F)c1. The molecule has 0 amide bonds. The first-order valence-corrected chi connectivity index (χ1v) is 14.2. The fourth-order valence-corrected chi connectivity index (χ4v) is 6.44. The quantitative estimate of drug-likeness (QED) is 0.272. The normalized spacial score (nSPS) is 18.7. The summed E-state index contributed by atoms with van der Waals surface area (Å²) in [6, 6.07) is 2.68. The van der Waals surface area contributed by atoms with Gasteiger partial charge < -0.3 is 10.0 Å². The number of benzene rings is 1. The van der Waals surface area contributed by atoms with Crippen molar-refractivity contribution in [3.05, 3.63) is 57.6 Å². The summed E-state index contributed by atoms with van der Waals surface area (Å²) >= 11 is 1.23. The summed E-state index contributed by atoms with van der Waals surface area (Å²) in [6.07, 6.45) is 1.00. The molecule has 1 atom stereocenters. The van der Waals surface area contributed by atoms with Crippen LogP contribution in [-0.2, 0) is 23.9 Å². The zero-order valence-corrected chi connectivity index (χ0v) is 23.1. The van der Waals surface area contributed by atoms with E-state index in [1.807, 2.05) is 4.90 Å². The minimum atomic E-state index is -4.72. The van der Waals surface area contributed by atoms with Gasteiger partial charge in [0.1, 0.15) is 22.3 Å². The van der Waals surface area contributed by atoms with E-state index in [9.17, 15) is 32.3 Å². The molecule has 5 rings (SSSR count). The maximum absolute atomic E-state index is 14.3. The molecule has 2 aliphatic heterocycles. The minimum absolute atomic E-state index is 0.0185. The second kappa shape index (κ2) is 11.8. The summed E-state index contributed by atoms with van der Waals surface area (Å²) in [6.45, 7) is 4.40. The first-order valence-electron chi connectivity index (χ1n) is 13.4. The van der Waals surface area contributed by atoms with Gasteiger partial charge in [0.15, 0.2) is 5.78 Å². The number of likely N-dealkylation sites (tertiary alicyclic amines) is 1. The zero-order valence-electron chi connectivity index (χ0n) is 22.3. The molecule has 0 radical (unpaired) electrons. The van der Waals surface area contributed by atoms with Crippen LogP contribution in [0, 0.1) is 11.7 Å². The van der Waals surface area contributed by atoms with E-state index in [-0.39, 0.29) is 41.1 Å². The summed E-state index contributed by atoms with van der Waals surface area (Å²) in [5.41, 5.74) is -0.718. The first-order chi connectivity index (χ1) is 19.5. The van der Waals surface area contributed by atoms with E-state index in [2.05, 4.69) is 26.8 Å². The standard InChI is InChI=1S/C28H29F4N5O3S/c1-16-3-2-6-37(16)15-23-26(18-9-19(28(30,31)32)11-20(29)10-18)35-25(41-23)12-22(38)21-13-34-24(14-33-21)36-7-4-17(5-8-36)27(39)40/h9-11,13-14,16-17H,2-8,12,15H2,1H3,(H,39,40)/t16-/m1/s1. The maximum atomic E-state index is 14.3. The van der Waals surface area contributed by atoms with Gasteiger partial charge in [-0.25, -0.2) is 19.3 Å². The highest BCUT2D eigenvalue weighted by Gasteiger charge is 2.32. The molecule has 2 aromatic heterocycles. The van der Waals surface area contributed by atoms with E-state index in [1.54, 1.807) is 0 Å². The maximum Gasteiger partial charge on any atom is 0.416 e. The number of aromatic nitrogens is 3. The number of hydrogen-bond acceptors (Lipinski definition) is 8. The van der Waals surface area contributed by atoms with Crippen molar-refractivity contribution in [3.8, 4) is 11.3 Å². The van der Waals surface area contributed by atoms with Crippen LogP contribution in [0.5, 0.6) is 0 Å². The second-order valence-electron chi connectivity index (χ2n) is 10.5. The lowest BCUT2D eigenvalue weighted by atomic mass is 9.97. The van der Waals surface area contributed by atoms with Crippen LogP contribution in [0.25, 0.3) is 11.3 Å². The molecule has 0 bridgehead atoms. The zero-order chi connectivity index (χ0) is 29.3. The number of hydrogen-bond donors (Lipinski definition) is 1. The third-order valence-corrected chi connectivity index (χ3v) is 8.72. The number of carbonyl (C=O) groups excluding carboxylic acids is 1. The third-order valence-electron chi connectivity index (χ3n) is 7.68. The topological polar surface area (TPSA) is 99.5 Å². The third kappa shape index (κ3) is 6.72. The van der Waals surface area contributed by atoms with Crippen molar-refractivity contribution < 1.29 is 32.3 Å². The molecule has 0 saturated carbocycles. The van der Waals surface area contributed by atoms with E-state index in [1.165, 1.54) is 23.7 Å². The monoisotopic (exact) mass is 591 g/mol. The summed E-state index contributed by atoms with van der Waals surface area (Å²) < 4.78 is 54.6. The molecule has 2 aliphatic rings. The van der Waals surface area contributed by atoms with Gasteiger partial charge in [0.2, 0.25) is 0 Å². The largest absolute Gasteiger partial charge is 0.481 e. The second-order valence-corrected chi connectivity index (χ2v) is 11.7. The molecule has 8 nitrogen and oxygen atoms in total. The average Bonchev–Trinajstić information content (AvgIpc) is 3.53. The van der Waals surface area contributed by atoms with Crippen LogP contribution >= 0.6 is 11.3 Å². The molecule has 4 heterocycles. The summed E-state index contributed by atoms with van der Waals surface area (Å²) in [4.78, 5) is 42.2. The number of halogens is 4. The van der Waals surface area contributed by atoms with Crippen LogP contribution in [0.4, 0.5) is 23.4 Å². The molecular formula is C28H29F4N5O3S. The lowest BCUT2D eigenvalue weighted by molar-refractivity contribution is -0.142. The predicted octanol–water partition coefficient (Wildman–Crippen LogP) is 5.47. The van der Waals surface area contributed by atoms with Gasteiger partial charge in [0.25, 0.3) is 0 Å². The van der Waals surface area contributed by atoms with Gasteiger partial charge in [-0.15, -0.1) is 11.3 Å². The molecule has 218 valence electrons. The van der Waals surface area contributed by atoms with Gasteiger partial charge in [-0.05, 0) is 57.4 Å². The van der Waals surface area contributed by atoms with Crippen molar-refractivity contribution in [2.24, 2.45) is 5.92 Å². The first kappa shape index (κ1) is 29.1. The Labute approximate surface area is 238 Å². The van der Waals surface area contributed by atoms with E-state index >= 15 is 0 Å². The Kier molecular flexibility index (Phi) is 8.37. The Hall–Kier alpha value is -3.45. The van der Waals surface area contributed by atoms with E-state index in [0.29, 0.717) is 54.2 Å². The van der Waals surface area contributed by atoms with Crippen molar-refractivity contribution in [1.82, 2.24) is 19.9 Å². The van der Waals surface area contributed by atoms with Crippen LogP contribution in [0.2, 0.25) is 0 Å². The van der Waals surface area contributed by atoms with Gasteiger partial charge in [-0.3, -0.25) is 14.5 Å². The molecule has 0 spiro atoms. The molecule has 2 saturated heterocycles. The van der Waals surface area contributed by atoms with E-state index < -0.39 is 23.5 Å². The molecule has 0 unspecified atom stereocenters. The van der Waals surface area contributed by atoms with Gasteiger partial charge in [-0.2, -0.15) is 13.2 Å². The van der Waals surface area contributed by atoms with Gasteiger partial charge in [-0.1, -0.05) is 0 Å². The number of nitrogens with zero attached hydrogens (tertiary/aromatic N) is 5. The van der Waals surface area contributed by atoms with Crippen molar-refractivity contribution >= 4 is 28.9 Å². The number of carboxylic acids is 1. The number of aliphatic carboxylic acids is 1. The minimum Gasteiger partial charge on any atom is -0.481 e. The molecule has 0 aliphatic carbocycles. The van der Waals surface area contributed by atoms with Crippen LogP contribution in [-0.4, -0.2) is 62.4 Å². The molecule has 41 heavy (non-hydrogen) atoms. The number of piperidine rings is 1. The Morgan fingerprint density at radius 1 is 1.07 bits per heavy atom. The summed E-state index contributed by atoms with van der Waals surface area (Å²) in [7, 11) is 0. The van der Waals surface area contributed by atoms with Crippen LogP contribution in [0.15, 0.2) is 30.6 Å². The molecule has 3 aromatic rings. The molecule has 2 fully saturated rings. The Bertz CT molecular complexity index is 1420.